The minimum atomic E-state index is -4.93. The number of benzene rings is 1. The van der Waals surface area contributed by atoms with Gasteiger partial charge in [0.25, 0.3) is 0 Å². The molecule has 0 saturated carbocycles. The zero-order valence-corrected chi connectivity index (χ0v) is 15.2. The van der Waals surface area contributed by atoms with E-state index in [0.717, 1.165) is 25.7 Å². The number of nitrogens with zero attached hydrogens (tertiary/aromatic N) is 1. The Morgan fingerprint density at radius 1 is 1.20 bits per heavy atom. The third-order valence-corrected chi connectivity index (χ3v) is 3.47. The average molecular weight is 311 g/mol. The Hall–Kier alpha value is 0.471. The first-order chi connectivity index (χ1) is 8.97. The number of ether oxygens (including phenoxy) is 1. The van der Waals surface area contributed by atoms with Crippen LogP contribution in [0.1, 0.15) is 18.4 Å². The van der Waals surface area contributed by atoms with Crippen LogP contribution in [0.3, 0.4) is 0 Å². The summed E-state index contributed by atoms with van der Waals surface area (Å²) in [5.74, 6) is 0.514. The predicted octanol–water partition coefficient (Wildman–Crippen LogP) is -0.472. The number of rotatable bonds is 5. The van der Waals surface area contributed by atoms with Crippen molar-refractivity contribution in [1.82, 2.24) is 4.90 Å². The minimum Gasteiger partial charge on any atom is -0.492 e. The van der Waals surface area contributed by atoms with Crippen molar-refractivity contribution in [3.05, 3.63) is 23.8 Å². The van der Waals surface area contributed by atoms with E-state index in [2.05, 4.69) is 4.90 Å². The van der Waals surface area contributed by atoms with Gasteiger partial charge in [0, 0.05) is 6.54 Å². The maximum absolute atomic E-state index is 12.7. The molecule has 7 heteroatoms. The Labute approximate surface area is 160 Å². The second kappa shape index (κ2) is 8.20. The second-order valence-electron chi connectivity index (χ2n) is 4.99. The molecule has 0 spiro atoms. The Balaban J connectivity index is 0.00000200. The first kappa shape index (κ1) is 18.5. The van der Waals surface area contributed by atoms with Crippen LogP contribution in [-0.2, 0) is 0 Å². The Morgan fingerprint density at radius 2 is 1.85 bits per heavy atom. The molecule has 1 heterocycles. The van der Waals surface area contributed by atoms with E-state index in [9.17, 15) is 12.9 Å². The molecule has 0 radical (unpaired) electrons. The Morgan fingerprint density at radius 3 is 2.40 bits per heavy atom. The summed E-state index contributed by atoms with van der Waals surface area (Å²) >= 11 is 0. The third kappa shape index (κ3) is 5.35. The van der Waals surface area contributed by atoms with Gasteiger partial charge in [-0.05, 0) is 45.0 Å². The van der Waals surface area contributed by atoms with Crippen LogP contribution in [0.25, 0.3) is 0 Å². The van der Waals surface area contributed by atoms with Crippen LogP contribution in [0.15, 0.2) is 18.2 Å². The molecular formula is C13H18BF3KNO. The van der Waals surface area contributed by atoms with Crippen molar-refractivity contribution in [3.63, 3.8) is 0 Å². The molecule has 2 nitrogen and oxygen atoms in total. The molecule has 106 valence electrons. The Bertz CT molecular complexity index is 436. The van der Waals surface area contributed by atoms with Gasteiger partial charge in [0.2, 0.25) is 0 Å². The van der Waals surface area contributed by atoms with Crippen molar-refractivity contribution in [2.75, 3.05) is 26.2 Å². The fourth-order valence-corrected chi connectivity index (χ4v) is 2.40. The molecule has 0 N–H and O–H groups in total. The topological polar surface area (TPSA) is 12.5 Å². The molecule has 1 aromatic carbocycles. The van der Waals surface area contributed by atoms with Gasteiger partial charge in [-0.3, -0.25) is 4.90 Å². The number of likely N-dealkylation sites (tertiary alicyclic amines) is 1. The van der Waals surface area contributed by atoms with Gasteiger partial charge in [0.05, 0.1) is 0 Å². The normalized spacial score (nSPS) is 16.0. The van der Waals surface area contributed by atoms with Gasteiger partial charge >= 0.3 is 58.4 Å². The molecule has 1 fully saturated rings. The third-order valence-electron chi connectivity index (χ3n) is 3.47. The van der Waals surface area contributed by atoms with Crippen LogP contribution in [0.5, 0.6) is 5.75 Å². The summed E-state index contributed by atoms with van der Waals surface area (Å²) in [5.41, 5.74) is -0.307. The summed E-state index contributed by atoms with van der Waals surface area (Å²) in [6, 6.07) is 3.98. The first-order valence-electron chi connectivity index (χ1n) is 6.62. The fraction of sp³-hybridized carbons (Fsp3) is 0.538. The SMILES string of the molecule is Cc1cc(OCCN2CCCC2)ccc1[B-](F)(F)F.[K+]. The van der Waals surface area contributed by atoms with Crippen molar-refractivity contribution < 1.29 is 69.1 Å². The maximum atomic E-state index is 12.7. The van der Waals surface area contributed by atoms with E-state index in [0.29, 0.717) is 12.4 Å². The molecule has 0 aliphatic carbocycles. The van der Waals surface area contributed by atoms with Gasteiger partial charge < -0.3 is 17.7 Å². The average Bonchev–Trinajstić information content (AvgIpc) is 2.80. The van der Waals surface area contributed by atoms with Gasteiger partial charge in [-0.2, -0.15) is 0 Å². The van der Waals surface area contributed by atoms with E-state index in [-0.39, 0.29) is 56.9 Å². The molecule has 0 atom stereocenters. The summed E-state index contributed by atoms with van der Waals surface area (Å²) in [7, 11) is 0. The zero-order chi connectivity index (χ0) is 13.9. The Kier molecular flexibility index (Phi) is 7.59. The van der Waals surface area contributed by atoms with Crippen LogP contribution in [0.4, 0.5) is 12.9 Å². The summed E-state index contributed by atoms with van der Waals surface area (Å²) in [4.78, 5) is 2.31. The summed E-state index contributed by atoms with van der Waals surface area (Å²) in [6.07, 6.45) is 2.45. The van der Waals surface area contributed by atoms with E-state index >= 15 is 0 Å². The largest absolute Gasteiger partial charge is 1.00 e. The van der Waals surface area contributed by atoms with Gasteiger partial charge in [-0.25, -0.2) is 0 Å². The van der Waals surface area contributed by atoms with E-state index in [1.165, 1.54) is 31.9 Å². The van der Waals surface area contributed by atoms with Crippen LogP contribution in [0, 0.1) is 6.92 Å². The first-order valence-corrected chi connectivity index (χ1v) is 6.62. The predicted molar refractivity (Wildman–Crippen MR) is 71.1 cm³/mol. The summed E-state index contributed by atoms with van der Waals surface area (Å²) in [5, 5.41) is 0. The minimum absolute atomic E-state index is 0. The smallest absolute Gasteiger partial charge is 0.492 e. The molecule has 1 aliphatic heterocycles. The van der Waals surface area contributed by atoms with E-state index in [4.69, 9.17) is 4.74 Å². The fourth-order valence-electron chi connectivity index (χ4n) is 2.40. The molecule has 0 bridgehead atoms. The van der Waals surface area contributed by atoms with Gasteiger partial charge in [-0.15, -0.1) is 5.46 Å². The maximum Gasteiger partial charge on any atom is 1.00 e. The monoisotopic (exact) mass is 311 g/mol. The van der Waals surface area contributed by atoms with E-state index in [1.54, 1.807) is 0 Å². The van der Waals surface area contributed by atoms with Crippen molar-refractivity contribution >= 4 is 12.4 Å². The number of halogens is 3. The van der Waals surface area contributed by atoms with Crippen LogP contribution in [0.2, 0.25) is 0 Å². The molecule has 0 aromatic heterocycles. The molecule has 0 amide bonds. The summed E-state index contributed by atoms with van der Waals surface area (Å²) < 4.78 is 43.5. The van der Waals surface area contributed by atoms with Crippen LogP contribution < -0.4 is 61.6 Å². The summed E-state index contributed by atoms with van der Waals surface area (Å²) in [6.45, 7) is 0.0874. The quantitative estimate of drug-likeness (QED) is 0.682. The van der Waals surface area contributed by atoms with Crippen LogP contribution in [-0.4, -0.2) is 38.1 Å². The van der Waals surface area contributed by atoms with Gasteiger partial charge in [-0.1, -0.05) is 11.6 Å². The number of hydrogen-bond donors (Lipinski definition) is 0. The van der Waals surface area contributed by atoms with E-state index < -0.39 is 12.4 Å². The zero-order valence-electron chi connectivity index (χ0n) is 12.0. The van der Waals surface area contributed by atoms with Crippen molar-refractivity contribution in [1.29, 1.82) is 0 Å². The molecule has 1 aliphatic rings. The number of hydrogen-bond acceptors (Lipinski definition) is 2. The van der Waals surface area contributed by atoms with E-state index in [1.807, 2.05) is 0 Å². The molecule has 0 unspecified atom stereocenters. The molecule has 2 rings (SSSR count). The molecular weight excluding hydrogens is 293 g/mol. The second-order valence-corrected chi connectivity index (χ2v) is 4.99. The standard InChI is InChI=1S/C13H18BF3NO.K/c1-11-10-12(4-5-13(11)14(15,16)17)19-9-8-18-6-2-3-7-18;/h4-5,10H,2-3,6-9H2,1H3;/q-1;+1. The van der Waals surface area contributed by atoms with Crippen molar-refractivity contribution in [2.45, 2.75) is 19.8 Å². The molecule has 1 aromatic rings. The molecule has 1 saturated heterocycles. The van der Waals surface area contributed by atoms with Crippen molar-refractivity contribution in [3.8, 4) is 5.75 Å². The number of aryl methyl sites for hydroxylation is 1. The van der Waals surface area contributed by atoms with Gasteiger partial charge in [0.1, 0.15) is 12.4 Å². The van der Waals surface area contributed by atoms with Crippen LogP contribution >= 0.6 is 0 Å². The van der Waals surface area contributed by atoms with Gasteiger partial charge in [0.15, 0.2) is 0 Å². The van der Waals surface area contributed by atoms with Crippen molar-refractivity contribution in [2.24, 2.45) is 0 Å². The molecule has 20 heavy (non-hydrogen) atoms.